The summed E-state index contributed by atoms with van der Waals surface area (Å²) in [5.74, 6) is -0.659. The summed E-state index contributed by atoms with van der Waals surface area (Å²) in [6, 6.07) is 30.6. The predicted molar refractivity (Wildman–Crippen MR) is 177 cm³/mol. The molecule has 10 nitrogen and oxygen atoms in total. The third-order valence-electron chi connectivity index (χ3n) is 6.92. The number of hydrogen-bond donors (Lipinski definition) is 2. The SMILES string of the molecule is CC(CNC(=O)c1ccc(CN(c2ccccc2)S(C)(=O)=O)cc1)NC(=O)c1ccc(CN(c2ccccc2)S(C)(=O)=O)cc1. The van der Waals surface area contributed by atoms with Gasteiger partial charge in [-0.15, -0.1) is 0 Å². The van der Waals surface area contributed by atoms with Crippen molar-refractivity contribution in [2.24, 2.45) is 0 Å². The minimum Gasteiger partial charge on any atom is -0.350 e. The molecule has 0 heterocycles. The van der Waals surface area contributed by atoms with Gasteiger partial charge in [-0.05, 0) is 66.6 Å². The highest BCUT2D eigenvalue weighted by Gasteiger charge is 2.19. The number of carbonyl (C=O) groups is 2. The minimum absolute atomic E-state index is 0.122. The minimum atomic E-state index is -3.52. The average molecular weight is 649 g/mol. The zero-order chi connectivity index (χ0) is 32.6. The number of para-hydroxylation sites is 2. The Morgan fingerprint density at radius 1 is 0.600 bits per heavy atom. The smallest absolute Gasteiger partial charge is 0.251 e. The first kappa shape index (κ1) is 33.2. The second-order valence-corrected chi connectivity index (χ2v) is 14.5. The van der Waals surface area contributed by atoms with E-state index >= 15 is 0 Å². The lowest BCUT2D eigenvalue weighted by molar-refractivity contribution is 0.0912. The van der Waals surface area contributed by atoms with Gasteiger partial charge >= 0.3 is 0 Å². The summed E-state index contributed by atoms with van der Waals surface area (Å²) in [4.78, 5) is 25.5. The largest absolute Gasteiger partial charge is 0.350 e. The second kappa shape index (κ2) is 14.4. The molecule has 4 aromatic rings. The fraction of sp³-hybridized carbons (Fsp3) is 0.212. The molecule has 0 aromatic heterocycles. The molecule has 2 amide bonds. The van der Waals surface area contributed by atoms with E-state index in [-0.39, 0.29) is 37.5 Å². The predicted octanol–water partition coefficient (Wildman–Crippen LogP) is 4.17. The van der Waals surface area contributed by atoms with Crippen LogP contribution < -0.4 is 19.2 Å². The van der Waals surface area contributed by atoms with E-state index in [1.807, 2.05) is 12.1 Å². The van der Waals surface area contributed by atoms with E-state index in [2.05, 4.69) is 10.6 Å². The van der Waals surface area contributed by atoms with Crippen LogP contribution in [0.15, 0.2) is 109 Å². The molecular weight excluding hydrogens is 613 g/mol. The van der Waals surface area contributed by atoms with Gasteiger partial charge in [0.15, 0.2) is 0 Å². The molecule has 0 saturated heterocycles. The maximum Gasteiger partial charge on any atom is 0.251 e. The third-order valence-corrected chi connectivity index (χ3v) is 9.20. The molecule has 4 aromatic carbocycles. The quantitative estimate of drug-likeness (QED) is 0.224. The molecule has 0 bridgehead atoms. The molecular formula is C33H36N4O6S2. The summed E-state index contributed by atoms with van der Waals surface area (Å²) in [5, 5.41) is 5.66. The van der Waals surface area contributed by atoms with Crippen LogP contribution in [0.3, 0.4) is 0 Å². The number of benzene rings is 4. The molecule has 0 spiro atoms. The normalized spacial score (nSPS) is 12.2. The summed E-state index contributed by atoms with van der Waals surface area (Å²) < 4.78 is 52.1. The molecule has 0 aliphatic heterocycles. The van der Waals surface area contributed by atoms with Crippen LogP contribution in [0.4, 0.5) is 11.4 Å². The Labute approximate surface area is 264 Å². The maximum absolute atomic E-state index is 12.8. The van der Waals surface area contributed by atoms with E-state index in [0.29, 0.717) is 22.5 Å². The van der Waals surface area contributed by atoms with Crippen molar-refractivity contribution < 1.29 is 26.4 Å². The van der Waals surface area contributed by atoms with Gasteiger partial charge in [-0.1, -0.05) is 60.7 Å². The number of nitrogens with one attached hydrogen (secondary N) is 2. The van der Waals surface area contributed by atoms with Crippen LogP contribution in [0.2, 0.25) is 0 Å². The summed E-state index contributed by atoms with van der Waals surface area (Å²) in [6.45, 7) is 2.19. The van der Waals surface area contributed by atoms with E-state index in [9.17, 15) is 26.4 Å². The van der Waals surface area contributed by atoms with Crippen LogP contribution in [0.5, 0.6) is 0 Å². The highest BCUT2D eigenvalue weighted by molar-refractivity contribution is 7.92. The third kappa shape index (κ3) is 9.40. The van der Waals surface area contributed by atoms with Gasteiger partial charge in [0.1, 0.15) is 0 Å². The van der Waals surface area contributed by atoms with Crippen LogP contribution in [-0.2, 0) is 33.1 Å². The maximum atomic E-state index is 12.8. The first-order valence-electron chi connectivity index (χ1n) is 14.1. The van der Waals surface area contributed by atoms with Crippen molar-refractivity contribution in [1.29, 1.82) is 0 Å². The van der Waals surface area contributed by atoms with Gasteiger partial charge in [0, 0.05) is 23.7 Å². The van der Waals surface area contributed by atoms with Crippen LogP contribution in [-0.4, -0.2) is 53.7 Å². The highest BCUT2D eigenvalue weighted by atomic mass is 32.2. The molecule has 0 aliphatic carbocycles. The first-order chi connectivity index (χ1) is 21.3. The van der Waals surface area contributed by atoms with E-state index < -0.39 is 20.0 Å². The lowest BCUT2D eigenvalue weighted by Gasteiger charge is -2.22. The number of nitrogens with zero attached hydrogens (tertiary/aromatic N) is 2. The fourth-order valence-corrected chi connectivity index (χ4v) is 6.33. The first-order valence-corrected chi connectivity index (χ1v) is 17.8. The Morgan fingerprint density at radius 2 is 0.978 bits per heavy atom. The van der Waals surface area contributed by atoms with Crippen molar-refractivity contribution in [3.63, 3.8) is 0 Å². The lowest BCUT2D eigenvalue weighted by Crippen LogP contribution is -2.41. The van der Waals surface area contributed by atoms with Gasteiger partial charge in [-0.2, -0.15) is 0 Å². The van der Waals surface area contributed by atoms with Crippen LogP contribution in [0, 0.1) is 0 Å². The summed E-state index contributed by atoms with van der Waals surface area (Å²) >= 11 is 0. The molecule has 1 atom stereocenters. The zero-order valence-corrected chi connectivity index (χ0v) is 26.9. The van der Waals surface area contributed by atoms with Gasteiger partial charge in [-0.25, -0.2) is 16.8 Å². The van der Waals surface area contributed by atoms with Crippen molar-refractivity contribution in [2.45, 2.75) is 26.1 Å². The van der Waals surface area contributed by atoms with Crippen LogP contribution >= 0.6 is 0 Å². The lowest BCUT2D eigenvalue weighted by atomic mass is 10.1. The fourth-order valence-electron chi connectivity index (χ4n) is 4.55. The molecule has 2 N–H and O–H groups in total. The zero-order valence-electron chi connectivity index (χ0n) is 25.3. The number of amides is 2. The Balaban J connectivity index is 1.29. The van der Waals surface area contributed by atoms with Crippen LogP contribution in [0.25, 0.3) is 0 Å². The number of rotatable bonds is 13. The van der Waals surface area contributed by atoms with Crippen molar-refractivity contribution in [3.05, 3.63) is 131 Å². The van der Waals surface area contributed by atoms with Crippen molar-refractivity contribution >= 4 is 43.2 Å². The molecule has 0 saturated carbocycles. The molecule has 12 heteroatoms. The van der Waals surface area contributed by atoms with E-state index in [1.165, 1.54) is 8.61 Å². The van der Waals surface area contributed by atoms with Gasteiger partial charge in [0.2, 0.25) is 20.0 Å². The number of sulfonamides is 2. The molecule has 0 aliphatic rings. The molecule has 4 rings (SSSR count). The van der Waals surface area contributed by atoms with Gasteiger partial charge < -0.3 is 10.6 Å². The van der Waals surface area contributed by atoms with E-state index in [4.69, 9.17) is 0 Å². The monoisotopic (exact) mass is 648 g/mol. The molecule has 1 unspecified atom stereocenters. The van der Waals surface area contributed by atoms with Crippen molar-refractivity contribution in [2.75, 3.05) is 27.7 Å². The van der Waals surface area contributed by atoms with Crippen molar-refractivity contribution in [1.82, 2.24) is 10.6 Å². The Hall–Kier alpha value is -4.68. The second-order valence-electron chi connectivity index (χ2n) is 10.7. The number of hydrogen-bond acceptors (Lipinski definition) is 6. The summed E-state index contributed by atoms with van der Waals surface area (Å²) in [7, 11) is -7.04. The summed E-state index contributed by atoms with van der Waals surface area (Å²) in [5.41, 5.74) is 3.34. The standard InChI is InChI=1S/C33H36N4O6S2/c1-25(35-33(39)29-20-16-27(17-21-29)24-37(45(3,42)43)31-12-8-5-9-13-31)22-34-32(38)28-18-14-26(15-19-28)23-36(44(2,40)41)30-10-6-4-7-11-30/h4-21,25H,22-24H2,1-3H3,(H,34,38)(H,35,39). The Morgan fingerprint density at radius 3 is 1.36 bits per heavy atom. The van der Waals surface area contributed by atoms with Gasteiger partial charge in [0.25, 0.3) is 11.8 Å². The molecule has 45 heavy (non-hydrogen) atoms. The number of carbonyl (C=O) groups excluding carboxylic acids is 2. The van der Waals surface area contributed by atoms with Crippen molar-refractivity contribution in [3.8, 4) is 0 Å². The van der Waals surface area contributed by atoms with E-state index in [1.54, 1.807) is 104 Å². The molecule has 236 valence electrons. The Kier molecular flexibility index (Phi) is 10.6. The van der Waals surface area contributed by atoms with Gasteiger partial charge in [0.05, 0.1) is 37.0 Å². The number of anilines is 2. The average Bonchev–Trinajstić information content (AvgIpc) is 3.01. The van der Waals surface area contributed by atoms with Gasteiger partial charge in [-0.3, -0.25) is 18.2 Å². The highest BCUT2D eigenvalue weighted by Crippen LogP contribution is 2.21. The van der Waals surface area contributed by atoms with Crippen LogP contribution in [0.1, 0.15) is 38.8 Å². The topological polar surface area (TPSA) is 133 Å². The molecule has 0 radical (unpaired) electrons. The van der Waals surface area contributed by atoms with E-state index in [0.717, 1.165) is 23.6 Å². The Bertz CT molecular complexity index is 1820. The molecule has 0 fully saturated rings. The summed E-state index contributed by atoms with van der Waals surface area (Å²) in [6.07, 6.45) is 2.30.